The van der Waals surface area contributed by atoms with E-state index >= 15 is 0 Å². The zero-order valence-corrected chi connectivity index (χ0v) is 24.9. The first-order valence-electron chi connectivity index (χ1n) is 14.2. The third-order valence-corrected chi connectivity index (χ3v) is 8.35. The number of methoxy groups -OCH3 is 2. The van der Waals surface area contributed by atoms with Crippen molar-refractivity contribution in [2.24, 2.45) is 0 Å². The molecule has 1 atom stereocenters. The van der Waals surface area contributed by atoms with Gasteiger partial charge in [0, 0.05) is 30.0 Å². The highest BCUT2D eigenvalue weighted by atomic mass is 32.1. The summed E-state index contributed by atoms with van der Waals surface area (Å²) >= 11 is 1.61. The van der Waals surface area contributed by atoms with E-state index in [-0.39, 0.29) is 24.6 Å². The topological polar surface area (TPSA) is 80.3 Å². The summed E-state index contributed by atoms with van der Waals surface area (Å²) < 4.78 is 16.7. The van der Waals surface area contributed by atoms with Crippen molar-refractivity contribution in [3.8, 4) is 11.5 Å². The maximum Gasteiger partial charge on any atom is 0.322 e. The number of benzene rings is 3. The summed E-state index contributed by atoms with van der Waals surface area (Å²) in [7, 11) is 3.22. The Hall–Kier alpha value is -4.08. The average Bonchev–Trinajstić information content (AvgIpc) is 3.73. The van der Waals surface area contributed by atoms with Gasteiger partial charge in [0.05, 0.1) is 32.6 Å². The molecular weight excluding hydrogens is 550 g/mol. The highest BCUT2D eigenvalue weighted by molar-refractivity contribution is 7.09. The van der Waals surface area contributed by atoms with Crippen molar-refractivity contribution in [3.63, 3.8) is 0 Å². The highest BCUT2D eigenvalue weighted by Crippen LogP contribution is 2.28. The number of hydrogen-bond donors (Lipinski definition) is 1. The number of amides is 3. The molecule has 220 valence electrons. The standard InChI is InChI=1S/C33H37N3O5S/c1-39-30-15-14-24(20-31(30)40-2)16-17-35(22-27-11-7-19-42-27)32(37)23-36(21-26-10-6-18-41-26)33(38)34-29-13-5-9-25-8-3-4-12-28(25)29/h3-5,7-9,11-15,19-20,26H,6,10,16-18,21-23H2,1-2H3,(H,34,38). The lowest BCUT2D eigenvalue weighted by molar-refractivity contribution is -0.132. The van der Waals surface area contributed by atoms with Crippen molar-refractivity contribution in [1.82, 2.24) is 9.80 Å². The van der Waals surface area contributed by atoms with Gasteiger partial charge in [-0.15, -0.1) is 11.3 Å². The number of fused-ring (bicyclic) bond motifs is 1. The van der Waals surface area contributed by atoms with E-state index in [1.54, 1.807) is 30.5 Å². The molecule has 9 heteroatoms. The van der Waals surface area contributed by atoms with Crippen LogP contribution in [0.3, 0.4) is 0 Å². The number of urea groups is 1. The molecule has 8 nitrogen and oxygen atoms in total. The number of thiophene rings is 1. The van der Waals surface area contributed by atoms with Gasteiger partial charge in [-0.25, -0.2) is 4.79 Å². The maximum absolute atomic E-state index is 13.9. The van der Waals surface area contributed by atoms with Crippen LogP contribution in [0.2, 0.25) is 0 Å². The smallest absolute Gasteiger partial charge is 0.322 e. The summed E-state index contributed by atoms with van der Waals surface area (Å²) in [5, 5.41) is 7.06. The van der Waals surface area contributed by atoms with Crippen molar-refractivity contribution < 1.29 is 23.8 Å². The largest absolute Gasteiger partial charge is 0.493 e. The van der Waals surface area contributed by atoms with E-state index in [4.69, 9.17) is 14.2 Å². The van der Waals surface area contributed by atoms with E-state index in [1.165, 1.54) is 0 Å². The number of carbonyl (C=O) groups is 2. The van der Waals surface area contributed by atoms with E-state index in [0.29, 0.717) is 49.8 Å². The molecule has 1 unspecified atom stereocenters. The van der Waals surface area contributed by atoms with Crippen LogP contribution in [0.25, 0.3) is 10.8 Å². The summed E-state index contributed by atoms with van der Waals surface area (Å²) in [6.45, 7) is 1.94. The molecule has 3 aromatic carbocycles. The molecule has 42 heavy (non-hydrogen) atoms. The first-order chi connectivity index (χ1) is 20.5. The van der Waals surface area contributed by atoms with E-state index < -0.39 is 0 Å². The van der Waals surface area contributed by atoms with Crippen LogP contribution in [0.1, 0.15) is 23.3 Å². The minimum atomic E-state index is -0.314. The van der Waals surface area contributed by atoms with Gasteiger partial charge in [-0.3, -0.25) is 4.79 Å². The van der Waals surface area contributed by atoms with Crippen LogP contribution in [0.4, 0.5) is 10.5 Å². The fourth-order valence-electron chi connectivity index (χ4n) is 5.23. The monoisotopic (exact) mass is 587 g/mol. The van der Waals surface area contributed by atoms with E-state index in [1.807, 2.05) is 83.1 Å². The van der Waals surface area contributed by atoms with Crippen LogP contribution in [-0.4, -0.2) is 68.3 Å². The SMILES string of the molecule is COc1ccc(CCN(Cc2cccs2)C(=O)CN(CC2CCCO2)C(=O)Nc2cccc3ccccc23)cc1OC. The lowest BCUT2D eigenvalue weighted by Gasteiger charge is -2.29. The van der Waals surface area contributed by atoms with Crippen LogP contribution in [-0.2, 0) is 22.5 Å². The third-order valence-electron chi connectivity index (χ3n) is 7.49. The van der Waals surface area contributed by atoms with Gasteiger partial charge in [-0.2, -0.15) is 0 Å². The number of nitrogens with one attached hydrogen (secondary N) is 1. The number of hydrogen-bond acceptors (Lipinski definition) is 6. The molecule has 5 rings (SSSR count). The summed E-state index contributed by atoms with van der Waals surface area (Å²) in [6.07, 6.45) is 2.36. The third kappa shape index (κ3) is 7.40. The van der Waals surface area contributed by atoms with E-state index in [0.717, 1.165) is 34.1 Å². The van der Waals surface area contributed by atoms with Gasteiger partial charge in [0.15, 0.2) is 11.5 Å². The Kier molecular flexibility index (Phi) is 9.94. The second kappa shape index (κ2) is 14.2. The predicted octanol–water partition coefficient (Wildman–Crippen LogP) is 6.20. The minimum absolute atomic E-state index is 0.0478. The van der Waals surface area contributed by atoms with Crippen molar-refractivity contribution in [3.05, 3.63) is 88.6 Å². The average molecular weight is 588 g/mol. The predicted molar refractivity (Wildman–Crippen MR) is 166 cm³/mol. The van der Waals surface area contributed by atoms with Gasteiger partial charge in [0.2, 0.25) is 5.91 Å². The molecule has 1 aliphatic rings. The number of nitrogens with zero attached hydrogens (tertiary/aromatic N) is 2. The van der Waals surface area contributed by atoms with Crippen molar-refractivity contribution >= 4 is 39.7 Å². The van der Waals surface area contributed by atoms with Gasteiger partial charge in [0.1, 0.15) is 6.54 Å². The Labute approximate surface area is 250 Å². The van der Waals surface area contributed by atoms with Crippen LogP contribution >= 0.6 is 11.3 Å². The lowest BCUT2D eigenvalue weighted by Crippen LogP contribution is -2.47. The van der Waals surface area contributed by atoms with Gasteiger partial charge >= 0.3 is 6.03 Å². The number of anilines is 1. The van der Waals surface area contributed by atoms with Gasteiger partial charge in [-0.1, -0.05) is 48.5 Å². The Morgan fingerprint density at radius 1 is 0.976 bits per heavy atom. The van der Waals surface area contributed by atoms with Crippen LogP contribution in [0.15, 0.2) is 78.2 Å². The normalized spacial score (nSPS) is 14.5. The molecular formula is C33H37N3O5S. The van der Waals surface area contributed by atoms with Gasteiger partial charge in [-0.05, 0) is 59.9 Å². The fourth-order valence-corrected chi connectivity index (χ4v) is 5.95. The van der Waals surface area contributed by atoms with Crippen molar-refractivity contribution in [1.29, 1.82) is 0 Å². The first kappa shape index (κ1) is 29.4. The molecule has 1 N–H and O–H groups in total. The van der Waals surface area contributed by atoms with Crippen LogP contribution in [0, 0.1) is 0 Å². The maximum atomic E-state index is 13.9. The Morgan fingerprint density at radius 3 is 2.57 bits per heavy atom. The van der Waals surface area contributed by atoms with Gasteiger partial charge < -0.3 is 29.3 Å². The highest BCUT2D eigenvalue weighted by Gasteiger charge is 2.27. The lowest BCUT2D eigenvalue weighted by atomic mass is 10.1. The quantitative estimate of drug-likeness (QED) is 0.213. The second-order valence-corrected chi connectivity index (χ2v) is 11.3. The molecule has 1 fully saturated rings. The van der Waals surface area contributed by atoms with Crippen molar-refractivity contribution in [2.75, 3.05) is 45.8 Å². The zero-order chi connectivity index (χ0) is 29.3. The Bertz CT molecular complexity index is 1480. The van der Waals surface area contributed by atoms with Crippen LogP contribution < -0.4 is 14.8 Å². The molecule has 3 amide bonds. The Balaban J connectivity index is 1.33. The summed E-state index contributed by atoms with van der Waals surface area (Å²) in [5.41, 5.74) is 1.74. The van der Waals surface area contributed by atoms with Crippen molar-refractivity contribution in [2.45, 2.75) is 31.9 Å². The number of carbonyl (C=O) groups excluding carboxylic acids is 2. The summed E-state index contributed by atoms with van der Waals surface area (Å²) in [5.74, 6) is 1.20. The van der Waals surface area contributed by atoms with Crippen LogP contribution in [0.5, 0.6) is 11.5 Å². The fraction of sp³-hybridized carbons (Fsp3) is 0.333. The van der Waals surface area contributed by atoms with Gasteiger partial charge in [0.25, 0.3) is 0 Å². The number of rotatable bonds is 12. The number of ether oxygens (including phenoxy) is 3. The molecule has 0 aliphatic carbocycles. The molecule has 0 saturated carbocycles. The summed E-state index contributed by atoms with van der Waals surface area (Å²) in [4.78, 5) is 32.1. The molecule has 0 radical (unpaired) electrons. The molecule has 4 aromatic rings. The molecule has 2 heterocycles. The summed E-state index contributed by atoms with van der Waals surface area (Å²) in [6, 6.07) is 23.2. The second-order valence-electron chi connectivity index (χ2n) is 10.3. The molecule has 0 bridgehead atoms. The van der Waals surface area contributed by atoms with E-state index in [9.17, 15) is 9.59 Å². The van der Waals surface area contributed by atoms with E-state index in [2.05, 4.69) is 5.32 Å². The molecule has 1 aliphatic heterocycles. The first-order valence-corrected chi connectivity index (χ1v) is 15.1. The Morgan fingerprint density at radius 2 is 1.81 bits per heavy atom. The molecule has 0 spiro atoms. The molecule has 1 aromatic heterocycles. The molecule has 1 saturated heterocycles. The zero-order valence-electron chi connectivity index (χ0n) is 24.1. The minimum Gasteiger partial charge on any atom is -0.493 e.